The van der Waals surface area contributed by atoms with Crippen LogP contribution in [0.2, 0.25) is 0 Å². The van der Waals surface area contributed by atoms with Crippen molar-refractivity contribution in [2.45, 2.75) is 78.2 Å². The maximum Gasteiger partial charge on any atom is 0.317 e. The number of ether oxygens (including phenoxy) is 2. The largest absolute Gasteiger partial charge is 0.490 e. The number of aromatic nitrogens is 1. The van der Waals surface area contributed by atoms with Crippen molar-refractivity contribution in [3.63, 3.8) is 0 Å². The average molecular weight is 598 g/mol. The third-order valence-corrected chi connectivity index (χ3v) is 7.46. The molecule has 0 aliphatic carbocycles. The smallest absolute Gasteiger partial charge is 0.317 e. The van der Waals surface area contributed by atoms with Crippen LogP contribution in [-0.2, 0) is 4.74 Å². The zero-order valence-corrected chi connectivity index (χ0v) is 26.2. The average Bonchev–Trinajstić information content (AvgIpc) is 2.98. The van der Waals surface area contributed by atoms with Crippen molar-refractivity contribution in [2.24, 2.45) is 5.92 Å². The molecule has 4 atom stereocenters. The van der Waals surface area contributed by atoms with Crippen LogP contribution in [0.5, 0.6) is 5.75 Å². The van der Waals surface area contributed by atoms with Gasteiger partial charge < -0.3 is 35.0 Å². The first-order valence-corrected chi connectivity index (χ1v) is 15.1. The molecule has 0 bridgehead atoms. The molecule has 4 amide bonds. The maximum absolute atomic E-state index is 14.2. The van der Waals surface area contributed by atoms with E-state index in [1.54, 1.807) is 54.1 Å². The highest BCUT2D eigenvalue weighted by Crippen LogP contribution is 2.28. The number of aliphatic hydroxyl groups is 1. The number of anilines is 1. The lowest BCUT2D eigenvalue weighted by Crippen LogP contribution is -2.49. The number of fused-ring (bicyclic) bond motifs is 1. The highest BCUT2D eigenvalue weighted by Gasteiger charge is 2.31. The minimum atomic E-state index is -0.509. The number of urea groups is 1. The second kappa shape index (κ2) is 16.2. The first-order valence-electron chi connectivity index (χ1n) is 15.1. The molecule has 1 aromatic heterocycles. The van der Waals surface area contributed by atoms with E-state index in [0.29, 0.717) is 30.2 Å². The Hall–Kier alpha value is -3.70. The standard InChI is InChI=1S/C32H47N5O6/c1-21(2)34-32(41)36(6)19-29-22(3)18-37(23(4)20-38)31(40)27-17-26(35-30(39)25-12-14-33-15-13-25)10-11-28(27)43-24(5)9-7-8-16-42-29/h10-15,17,21-24,29,38H,7-9,16,18-20H2,1-6H3,(H,34,41)(H,35,39)/t22-,23+,24-,29+/m1/s1. The van der Waals surface area contributed by atoms with E-state index >= 15 is 0 Å². The van der Waals surface area contributed by atoms with Gasteiger partial charge in [0, 0.05) is 62.3 Å². The molecule has 0 unspecified atom stereocenters. The van der Waals surface area contributed by atoms with E-state index in [9.17, 15) is 19.5 Å². The Bertz CT molecular complexity index is 1210. The number of hydrogen-bond donors (Lipinski definition) is 3. The number of carbonyl (C=O) groups excluding carboxylic acids is 3. The van der Waals surface area contributed by atoms with Crippen molar-refractivity contribution in [1.82, 2.24) is 20.1 Å². The molecule has 0 spiro atoms. The van der Waals surface area contributed by atoms with Crippen LogP contribution in [-0.4, -0.2) is 95.4 Å². The predicted octanol–water partition coefficient (Wildman–Crippen LogP) is 4.18. The molecule has 43 heavy (non-hydrogen) atoms. The van der Waals surface area contributed by atoms with E-state index in [1.807, 2.05) is 27.7 Å². The predicted molar refractivity (Wildman–Crippen MR) is 165 cm³/mol. The minimum Gasteiger partial charge on any atom is -0.490 e. The van der Waals surface area contributed by atoms with Gasteiger partial charge in [0.1, 0.15) is 5.75 Å². The summed E-state index contributed by atoms with van der Waals surface area (Å²) in [5, 5.41) is 15.9. The third-order valence-electron chi connectivity index (χ3n) is 7.46. The van der Waals surface area contributed by atoms with E-state index in [1.165, 1.54) is 12.4 Å². The van der Waals surface area contributed by atoms with Gasteiger partial charge in [0.05, 0.1) is 30.4 Å². The van der Waals surface area contributed by atoms with Crippen molar-refractivity contribution >= 4 is 23.5 Å². The first kappa shape index (κ1) is 33.8. The second-order valence-electron chi connectivity index (χ2n) is 11.7. The van der Waals surface area contributed by atoms with Crippen molar-refractivity contribution < 1.29 is 29.0 Å². The molecule has 0 saturated carbocycles. The summed E-state index contributed by atoms with van der Waals surface area (Å²) >= 11 is 0. The van der Waals surface area contributed by atoms with Gasteiger partial charge in [-0.05, 0) is 77.3 Å². The van der Waals surface area contributed by atoms with E-state index in [-0.39, 0.29) is 60.7 Å². The Balaban J connectivity index is 1.94. The maximum atomic E-state index is 14.2. The zero-order valence-electron chi connectivity index (χ0n) is 26.2. The molecule has 236 valence electrons. The summed E-state index contributed by atoms with van der Waals surface area (Å²) in [5.74, 6) is -0.424. The molecule has 1 aliphatic rings. The fraction of sp³-hybridized carbons (Fsp3) is 0.562. The SMILES string of the molecule is CC(C)NC(=O)N(C)C[C@@H]1OCCCC[C@@H](C)Oc2ccc(NC(=O)c3ccncc3)cc2C(=O)N([C@@H](C)CO)C[C@H]1C. The highest BCUT2D eigenvalue weighted by atomic mass is 16.5. The molecule has 2 aromatic rings. The summed E-state index contributed by atoms with van der Waals surface area (Å²) < 4.78 is 12.6. The van der Waals surface area contributed by atoms with E-state index in [0.717, 1.165) is 19.3 Å². The molecule has 0 fully saturated rings. The lowest BCUT2D eigenvalue weighted by atomic mass is 10.0. The summed E-state index contributed by atoms with van der Waals surface area (Å²) in [5.41, 5.74) is 1.17. The normalized spacial score (nSPS) is 20.8. The number of hydrogen-bond acceptors (Lipinski definition) is 7. The van der Waals surface area contributed by atoms with Crippen molar-refractivity contribution in [1.29, 1.82) is 0 Å². The minimum absolute atomic E-state index is 0.000505. The van der Waals surface area contributed by atoms with Gasteiger partial charge in [0.25, 0.3) is 11.8 Å². The van der Waals surface area contributed by atoms with Crippen LogP contribution in [0.1, 0.15) is 74.6 Å². The molecule has 0 saturated heterocycles. The van der Waals surface area contributed by atoms with Gasteiger partial charge >= 0.3 is 6.03 Å². The van der Waals surface area contributed by atoms with Crippen LogP contribution < -0.4 is 15.4 Å². The van der Waals surface area contributed by atoms with Gasteiger partial charge in [-0.1, -0.05) is 6.92 Å². The molecule has 2 heterocycles. The number of rotatable bonds is 7. The molecule has 3 rings (SSSR count). The number of nitrogens with one attached hydrogen (secondary N) is 2. The number of aliphatic hydroxyl groups excluding tert-OH is 1. The summed E-state index contributed by atoms with van der Waals surface area (Å²) in [4.78, 5) is 46.9. The summed E-state index contributed by atoms with van der Waals surface area (Å²) in [7, 11) is 1.73. The van der Waals surface area contributed by atoms with Gasteiger partial charge in [-0.25, -0.2) is 4.79 Å². The number of benzene rings is 1. The number of carbonyl (C=O) groups is 3. The molecule has 0 radical (unpaired) electrons. The van der Waals surface area contributed by atoms with Gasteiger partial charge in [-0.3, -0.25) is 14.6 Å². The fourth-order valence-electron chi connectivity index (χ4n) is 4.88. The molecule has 1 aliphatic heterocycles. The third kappa shape index (κ3) is 9.93. The molecule has 3 N–H and O–H groups in total. The molecular weight excluding hydrogens is 550 g/mol. The van der Waals surface area contributed by atoms with E-state index < -0.39 is 6.04 Å². The number of amides is 4. The molecular formula is C32H47N5O6. The lowest BCUT2D eigenvalue weighted by Gasteiger charge is -2.36. The number of pyridine rings is 1. The van der Waals surface area contributed by atoms with Crippen molar-refractivity contribution in [3.8, 4) is 5.75 Å². The van der Waals surface area contributed by atoms with Gasteiger partial charge in [0.15, 0.2) is 0 Å². The van der Waals surface area contributed by atoms with Crippen LogP contribution in [0.3, 0.4) is 0 Å². The van der Waals surface area contributed by atoms with Crippen molar-refractivity contribution in [2.75, 3.05) is 38.7 Å². The van der Waals surface area contributed by atoms with Crippen LogP contribution in [0.25, 0.3) is 0 Å². The molecule has 1 aromatic carbocycles. The molecule has 11 nitrogen and oxygen atoms in total. The van der Waals surface area contributed by atoms with E-state index in [2.05, 4.69) is 15.6 Å². The Kier molecular flexibility index (Phi) is 12.8. The Morgan fingerprint density at radius 2 is 1.86 bits per heavy atom. The highest BCUT2D eigenvalue weighted by molar-refractivity contribution is 6.05. The van der Waals surface area contributed by atoms with Crippen LogP contribution in [0, 0.1) is 5.92 Å². The van der Waals surface area contributed by atoms with Gasteiger partial charge in [0.2, 0.25) is 0 Å². The molecule has 11 heteroatoms. The first-order chi connectivity index (χ1) is 20.5. The van der Waals surface area contributed by atoms with Gasteiger partial charge in [-0.2, -0.15) is 0 Å². The lowest BCUT2D eigenvalue weighted by molar-refractivity contribution is -0.0122. The topological polar surface area (TPSA) is 133 Å². The monoisotopic (exact) mass is 597 g/mol. The quantitative estimate of drug-likeness (QED) is 0.436. The Morgan fingerprint density at radius 3 is 2.53 bits per heavy atom. The van der Waals surface area contributed by atoms with Crippen LogP contribution in [0.15, 0.2) is 42.7 Å². The number of likely N-dealkylation sites (N-methyl/N-ethyl adjacent to an activating group) is 1. The van der Waals surface area contributed by atoms with Crippen LogP contribution in [0.4, 0.5) is 10.5 Å². The fourth-order valence-corrected chi connectivity index (χ4v) is 4.88. The summed E-state index contributed by atoms with van der Waals surface area (Å²) in [6.07, 6.45) is 5.01. The summed E-state index contributed by atoms with van der Waals surface area (Å²) in [6, 6.07) is 7.56. The zero-order chi connectivity index (χ0) is 31.5. The van der Waals surface area contributed by atoms with Crippen molar-refractivity contribution in [3.05, 3.63) is 53.9 Å². The van der Waals surface area contributed by atoms with Crippen LogP contribution >= 0.6 is 0 Å². The Labute approximate surface area is 254 Å². The van der Waals surface area contributed by atoms with E-state index in [4.69, 9.17) is 9.47 Å². The number of nitrogens with zero attached hydrogens (tertiary/aromatic N) is 3. The summed E-state index contributed by atoms with van der Waals surface area (Å²) in [6.45, 7) is 10.4. The Morgan fingerprint density at radius 1 is 1.14 bits per heavy atom. The van der Waals surface area contributed by atoms with Gasteiger partial charge in [-0.15, -0.1) is 0 Å². The second-order valence-corrected chi connectivity index (χ2v) is 11.7.